The smallest absolute Gasteiger partial charge is 0.328 e. The molecule has 1 aliphatic heterocycles. The zero-order valence-corrected chi connectivity index (χ0v) is 9.51. The van der Waals surface area contributed by atoms with Gasteiger partial charge >= 0.3 is 13.6 Å². The maximum atomic E-state index is 10.7. The zero-order chi connectivity index (χ0) is 12.2. The van der Waals surface area contributed by atoms with Gasteiger partial charge in [0, 0.05) is 18.6 Å². The molecule has 0 radical (unpaired) electrons. The van der Waals surface area contributed by atoms with Crippen molar-refractivity contribution in [3.8, 4) is 0 Å². The van der Waals surface area contributed by atoms with Crippen LogP contribution in [0.3, 0.4) is 0 Å². The molecule has 0 aromatic carbocycles. The summed E-state index contributed by atoms with van der Waals surface area (Å²) >= 11 is 0. The summed E-state index contributed by atoms with van der Waals surface area (Å²) in [6.45, 7) is 0. The summed E-state index contributed by atoms with van der Waals surface area (Å²) in [6, 6.07) is -0.827. The van der Waals surface area contributed by atoms with Crippen LogP contribution in [0, 0.1) is 0 Å². The molecular weight excluding hydrogens is 235 g/mol. The van der Waals surface area contributed by atoms with Gasteiger partial charge in [-0.05, 0) is 12.8 Å². The number of carboxylic acids is 1. The minimum atomic E-state index is -3.95. The molecule has 1 aliphatic rings. The van der Waals surface area contributed by atoms with Crippen molar-refractivity contribution in [1.29, 1.82) is 0 Å². The van der Waals surface area contributed by atoms with E-state index >= 15 is 0 Å². The van der Waals surface area contributed by atoms with Crippen molar-refractivity contribution in [2.45, 2.75) is 31.3 Å². The fourth-order valence-corrected chi connectivity index (χ4v) is 2.14. The first-order valence-electron chi connectivity index (χ1n) is 4.93. The van der Waals surface area contributed by atoms with Gasteiger partial charge in [-0.3, -0.25) is 9.56 Å². The second-order valence-corrected chi connectivity index (χ2v) is 5.54. The monoisotopic (exact) mass is 250 g/mol. The van der Waals surface area contributed by atoms with Crippen LogP contribution >= 0.6 is 7.60 Å². The van der Waals surface area contributed by atoms with Crippen molar-refractivity contribution in [3.63, 3.8) is 0 Å². The highest BCUT2D eigenvalue weighted by atomic mass is 31.2. The molecule has 4 N–H and O–H groups in total. The average Bonchev–Trinajstić information content (AvgIpc) is 2.16. The van der Waals surface area contributed by atoms with Crippen LogP contribution in [0.1, 0.15) is 19.3 Å². The van der Waals surface area contributed by atoms with Gasteiger partial charge in [0.05, 0.1) is 6.34 Å². The lowest BCUT2D eigenvalue weighted by Gasteiger charge is -2.23. The van der Waals surface area contributed by atoms with E-state index in [1.807, 2.05) is 0 Å². The fraction of sp³-hybridized carbons (Fsp3) is 0.750. The third-order valence-corrected chi connectivity index (χ3v) is 3.26. The Hall–Kier alpha value is -0.910. The van der Waals surface area contributed by atoms with E-state index in [0.717, 1.165) is 0 Å². The van der Waals surface area contributed by atoms with Crippen molar-refractivity contribution in [2.75, 3.05) is 6.16 Å². The number of hydrogen-bond acceptors (Lipinski definition) is 4. The summed E-state index contributed by atoms with van der Waals surface area (Å²) in [5.41, 5.74) is 0. The van der Waals surface area contributed by atoms with Gasteiger partial charge in [0.25, 0.3) is 0 Å². The van der Waals surface area contributed by atoms with Crippen molar-refractivity contribution < 1.29 is 24.3 Å². The summed E-state index contributed by atoms with van der Waals surface area (Å²) in [5.74, 6) is -0.974. The maximum absolute atomic E-state index is 10.7. The van der Waals surface area contributed by atoms with E-state index in [4.69, 9.17) is 14.9 Å². The van der Waals surface area contributed by atoms with Gasteiger partial charge in [-0.2, -0.15) is 0 Å². The second-order valence-electron chi connectivity index (χ2n) is 3.76. The molecule has 8 heteroatoms. The Bertz CT molecular complexity index is 326. The van der Waals surface area contributed by atoms with Crippen LogP contribution < -0.4 is 5.32 Å². The van der Waals surface area contributed by atoms with E-state index in [9.17, 15) is 9.36 Å². The summed E-state index contributed by atoms with van der Waals surface area (Å²) in [4.78, 5) is 31.7. The predicted octanol–water partition coefficient (Wildman–Crippen LogP) is -0.212. The largest absolute Gasteiger partial charge is 0.480 e. The molecule has 0 amide bonds. The molecule has 1 heterocycles. The first-order valence-corrected chi connectivity index (χ1v) is 6.73. The Labute approximate surface area is 92.7 Å². The van der Waals surface area contributed by atoms with Crippen LogP contribution in [0.15, 0.2) is 4.99 Å². The van der Waals surface area contributed by atoms with Gasteiger partial charge in [-0.1, -0.05) is 0 Å². The lowest BCUT2D eigenvalue weighted by molar-refractivity contribution is -0.138. The van der Waals surface area contributed by atoms with Crippen LogP contribution in [-0.2, 0) is 9.36 Å². The van der Waals surface area contributed by atoms with Gasteiger partial charge in [-0.25, -0.2) is 4.79 Å². The number of aliphatic carboxylic acids is 1. The Morgan fingerprint density at radius 1 is 1.56 bits per heavy atom. The standard InChI is InChI=1S/C8H15N2O5P/c11-8(12)7-4-6(9-5-10-7)2-1-3-16(13,14)15/h5-7H,1-4H2,(H,9,10)(H,11,12)(H2,13,14,15). The highest BCUT2D eigenvalue weighted by Gasteiger charge is 2.24. The Morgan fingerprint density at radius 2 is 2.25 bits per heavy atom. The summed E-state index contributed by atoms with van der Waals surface area (Å²) < 4.78 is 10.6. The second kappa shape index (κ2) is 5.43. The van der Waals surface area contributed by atoms with E-state index in [1.54, 1.807) is 0 Å². The van der Waals surface area contributed by atoms with E-state index < -0.39 is 19.6 Å². The van der Waals surface area contributed by atoms with Crippen molar-refractivity contribution >= 4 is 19.9 Å². The van der Waals surface area contributed by atoms with Gasteiger partial charge in [-0.15, -0.1) is 0 Å². The molecule has 92 valence electrons. The van der Waals surface area contributed by atoms with Crippen molar-refractivity contribution in [3.05, 3.63) is 0 Å². The Balaban J connectivity index is 2.32. The van der Waals surface area contributed by atoms with Crippen LogP contribution in [0.4, 0.5) is 0 Å². The molecule has 0 saturated carbocycles. The highest BCUT2D eigenvalue weighted by molar-refractivity contribution is 7.51. The highest BCUT2D eigenvalue weighted by Crippen LogP contribution is 2.35. The summed E-state index contributed by atoms with van der Waals surface area (Å²) in [5, 5.41) is 11.6. The van der Waals surface area contributed by atoms with E-state index in [-0.39, 0.29) is 12.2 Å². The van der Waals surface area contributed by atoms with Crippen LogP contribution in [0.5, 0.6) is 0 Å². The molecule has 0 saturated heterocycles. The van der Waals surface area contributed by atoms with Gasteiger partial charge in [0.15, 0.2) is 6.04 Å². The normalized spacial score (nSPS) is 25.1. The molecule has 1 rings (SSSR count). The van der Waals surface area contributed by atoms with E-state index in [1.165, 1.54) is 6.34 Å². The number of carboxylic acid groups (broad SMARTS) is 1. The molecule has 2 unspecified atom stereocenters. The number of carbonyl (C=O) groups is 1. The minimum absolute atomic E-state index is 0.0786. The van der Waals surface area contributed by atoms with Crippen molar-refractivity contribution in [2.24, 2.45) is 4.99 Å². The molecule has 0 aromatic rings. The quantitative estimate of drug-likeness (QED) is 0.501. The van der Waals surface area contributed by atoms with Gasteiger partial charge < -0.3 is 20.2 Å². The Kier molecular flexibility index (Phi) is 4.46. The molecule has 2 atom stereocenters. The predicted molar refractivity (Wildman–Crippen MR) is 57.6 cm³/mol. The maximum Gasteiger partial charge on any atom is 0.328 e. The fourth-order valence-electron chi connectivity index (χ4n) is 1.55. The molecule has 0 fully saturated rings. The summed E-state index contributed by atoms with van der Waals surface area (Å²) in [7, 11) is -3.95. The van der Waals surface area contributed by atoms with Crippen LogP contribution in [-0.4, -0.2) is 45.4 Å². The number of hydrogen-bond donors (Lipinski definition) is 4. The molecular formula is C8H15N2O5P. The lowest BCUT2D eigenvalue weighted by Crippen LogP contribution is -2.39. The number of rotatable bonds is 5. The van der Waals surface area contributed by atoms with E-state index in [0.29, 0.717) is 19.3 Å². The Morgan fingerprint density at radius 3 is 2.81 bits per heavy atom. The number of nitrogens with zero attached hydrogens (tertiary/aromatic N) is 1. The molecule has 7 nitrogen and oxygen atoms in total. The van der Waals surface area contributed by atoms with Crippen molar-refractivity contribution in [1.82, 2.24) is 5.32 Å². The average molecular weight is 250 g/mol. The topological polar surface area (TPSA) is 119 Å². The van der Waals surface area contributed by atoms with E-state index in [2.05, 4.69) is 10.3 Å². The molecule has 0 spiro atoms. The third-order valence-electron chi connectivity index (χ3n) is 2.36. The number of aliphatic imine (C=N–C) groups is 1. The first-order chi connectivity index (χ1) is 7.38. The first kappa shape index (κ1) is 13.2. The molecule has 16 heavy (non-hydrogen) atoms. The number of nitrogens with one attached hydrogen (secondary N) is 1. The van der Waals surface area contributed by atoms with Gasteiger partial charge in [0.2, 0.25) is 0 Å². The van der Waals surface area contributed by atoms with Gasteiger partial charge in [0.1, 0.15) is 0 Å². The van der Waals surface area contributed by atoms with Crippen LogP contribution in [0.2, 0.25) is 0 Å². The van der Waals surface area contributed by atoms with Crippen LogP contribution in [0.25, 0.3) is 0 Å². The molecule has 0 bridgehead atoms. The minimum Gasteiger partial charge on any atom is -0.480 e. The molecule has 0 aromatic heterocycles. The zero-order valence-electron chi connectivity index (χ0n) is 8.61. The molecule has 0 aliphatic carbocycles. The lowest BCUT2D eigenvalue weighted by atomic mass is 10.0. The SMILES string of the molecule is O=C(O)C1CC(CCCP(=O)(O)O)NC=N1. The summed E-state index contributed by atoms with van der Waals surface area (Å²) in [6.07, 6.45) is 2.43. The third kappa shape index (κ3) is 4.74.